The minimum atomic E-state index is -0.421. The normalized spacial score (nSPS) is 33.2. The SMILES string of the molecule is CC(C)(C)OC(=O)N1C[C@@H]2C[C@H]1C[C@@H]2CO. The molecule has 4 heteroatoms. The third-order valence-electron chi connectivity index (χ3n) is 3.55. The molecule has 0 aromatic rings. The van der Waals surface area contributed by atoms with E-state index in [1.807, 2.05) is 25.7 Å². The van der Waals surface area contributed by atoms with Crippen molar-refractivity contribution in [1.82, 2.24) is 4.90 Å². The molecule has 1 N–H and O–H groups in total. The fraction of sp³-hybridized carbons (Fsp3) is 0.917. The maximum Gasteiger partial charge on any atom is 0.410 e. The maximum absolute atomic E-state index is 11.9. The number of aliphatic hydroxyl groups is 1. The van der Waals surface area contributed by atoms with Crippen molar-refractivity contribution in [2.24, 2.45) is 11.8 Å². The fourth-order valence-electron chi connectivity index (χ4n) is 2.83. The van der Waals surface area contributed by atoms with E-state index < -0.39 is 5.60 Å². The molecule has 0 spiro atoms. The van der Waals surface area contributed by atoms with E-state index in [-0.39, 0.29) is 18.7 Å². The second-order valence-electron chi connectivity index (χ2n) is 5.96. The average molecular weight is 227 g/mol. The molecular weight excluding hydrogens is 206 g/mol. The van der Waals surface area contributed by atoms with Crippen LogP contribution in [-0.4, -0.2) is 40.9 Å². The molecule has 2 bridgehead atoms. The van der Waals surface area contributed by atoms with Crippen molar-refractivity contribution >= 4 is 6.09 Å². The van der Waals surface area contributed by atoms with Gasteiger partial charge in [0, 0.05) is 19.2 Å². The van der Waals surface area contributed by atoms with Crippen molar-refractivity contribution in [3.05, 3.63) is 0 Å². The van der Waals surface area contributed by atoms with Crippen molar-refractivity contribution in [3.8, 4) is 0 Å². The van der Waals surface area contributed by atoms with Crippen molar-refractivity contribution in [3.63, 3.8) is 0 Å². The lowest BCUT2D eigenvalue weighted by Crippen LogP contribution is -2.43. The van der Waals surface area contributed by atoms with Crippen LogP contribution in [0.25, 0.3) is 0 Å². The largest absolute Gasteiger partial charge is 0.444 e. The van der Waals surface area contributed by atoms with Gasteiger partial charge in [0.15, 0.2) is 0 Å². The van der Waals surface area contributed by atoms with Gasteiger partial charge in [0.25, 0.3) is 0 Å². The highest BCUT2D eigenvalue weighted by molar-refractivity contribution is 5.69. The second-order valence-corrected chi connectivity index (χ2v) is 5.96. The summed E-state index contributed by atoms with van der Waals surface area (Å²) in [6.45, 7) is 6.66. The van der Waals surface area contributed by atoms with E-state index in [4.69, 9.17) is 9.84 Å². The second kappa shape index (κ2) is 3.91. The third-order valence-corrected chi connectivity index (χ3v) is 3.55. The van der Waals surface area contributed by atoms with Crippen molar-refractivity contribution in [2.45, 2.75) is 45.3 Å². The highest BCUT2D eigenvalue weighted by Crippen LogP contribution is 2.42. The van der Waals surface area contributed by atoms with Crippen LogP contribution < -0.4 is 0 Å². The lowest BCUT2D eigenvalue weighted by Gasteiger charge is -2.32. The Bertz CT molecular complexity index is 284. The van der Waals surface area contributed by atoms with Crippen LogP contribution in [0.2, 0.25) is 0 Å². The van der Waals surface area contributed by atoms with Gasteiger partial charge in [0.05, 0.1) is 0 Å². The summed E-state index contributed by atoms with van der Waals surface area (Å²) in [5, 5.41) is 9.16. The molecule has 1 saturated heterocycles. The molecule has 1 amide bonds. The number of hydrogen-bond acceptors (Lipinski definition) is 3. The molecule has 3 atom stereocenters. The van der Waals surface area contributed by atoms with E-state index in [0.717, 1.165) is 19.4 Å². The first-order chi connectivity index (χ1) is 7.40. The predicted molar refractivity (Wildman–Crippen MR) is 60.0 cm³/mol. The van der Waals surface area contributed by atoms with E-state index in [9.17, 15) is 4.79 Å². The summed E-state index contributed by atoms with van der Waals surface area (Å²) in [6, 6.07) is 0.289. The highest BCUT2D eigenvalue weighted by atomic mass is 16.6. The summed E-state index contributed by atoms with van der Waals surface area (Å²) in [6.07, 6.45) is 1.77. The van der Waals surface area contributed by atoms with Crippen LogP contribution in [-0.2, 0) is 4.74 Å². The molecule has 92 valence electrons. The molecule has 0 unspecified atom stereocenters. The Kier molecular flexibility index (Phi) is 2.86. The lowest BCUT2D eigenvalue weighted by atomic mass is 9.96. The zero-order valence-corrected chi connectivity index (χ0v) is 10.3. The van der Waals surface area contributed by atoms with Gasteiger partial charge in [-0.05, 0) is 45.4 Å². The van der Waals surface area contributed by atoms with Crippen molar-refractivity contribution in [1.29, 1.82) is 0 Å². The van der Waals surface area contributed by atoms with Crippen LogP contribution in [0.15, 0.2) is 0 Å². The lowest BCUT2D eigenvalue weighted by molar-refractivity contribution is 0.0137. The van der Waals surface area contributed by atoms with Crippen LogP contribution in [0, 0.1) is 11.8 Å². The smallest absolute Gasteiger partial charge is 0.410 e. The quantitative estimate of drug-likeness (QED) is 0.740. The topological polar surface area (TPSA) is 49.8 Å². The minimum absolute atomic E-state index is 0.198. The Morgan fingerprint density at radius 1 is 1.44 bits per heavy atom. The van der Waals surface area contributed by atoms with Gasteiger partial charge in [-0.3, -0.25) is 0 Å². The number of hydrogen-bond donors (Lipinski definition) is 1. The van der Waals surface area contributed by atoms with Gasteiger partial charge in [-0.15, -0.1) is 0 Å². The van der Waals surface area contributed by atoms with Gasteiger partial charge in [-0.2, -0.15) is 0 Å². The number of ether oxygens (including phenoxy) is 1. The standard InChI is InChI=1S/C12H21NO3/c1-12(2,3)16-11(15)13-6-8-4-10(13)5-9(8)7-14/h8-10,14H,4-7H2,1-3H3/t8-,9+,10-/m0/s1. The number of piperidine rings is 1. The van der Waals surface area contributed by atoms with Crippen LogP contribution in [0.5, 0.6) is 0 Å². The van der Waals surface area contributed by atoms with E-state index in [0.29, 0.717) is 11.8 Å². The molecule has 0 radical (unpaired) electrons. The molecule has 2 fully saturated rings. The first kappa shape index (κ1) is 11.7. The zero-order chi connectivity index (χ0) is 11.9. The molecule has 4 nitrogen and oxygen atoms in total. The number of aliphatic hydroxyl groups excluding tert-OH is 1. The van der Waals surface area contributed by atoms with Gasteiger partial charge in [-0.1, -0.05) is 0 Å². The number of likely N-dealkylation sites (tertiary alicyclic amines) is 1. The van der Waals surface area contributed by atoms with E-state index >= 15 is 0 Å². The van der Waals surface area contributed by atoms with Gasteiger partial charge in [-0.25, -0.2) is 4.79 Å². The molecule has 1 heterocycles. The van der Waals surface area contributed by atoms with Crippen LogP contribution in [0.3, 0.4) is 0 Å². The molecule has 1 aliphatic carbocycles. The first-order valence-electron chi connectivity index (χ1n) is 6.01. The van der Waals surface area contributed by atoms with Gasteiger partial charge < -0.3 is 14.7 Å². The Morgan fingerprint density at radius 3 is 2.56 bits per heavy atom. The summed E-state index contributed by atoms with van der Waals surface area (Å²) < 4.78 is 5.37. The van der Waals surface area contributed by atoms with Crippen LogP contribution >= 0.6 is 0 Å². The van der Waals surface area contributed by atoms with Gasteiger partial charge >= 0.3 is 6.09 Å². The summed E-state index contributed by atoms with van der Waals surface area (Å²) in [7, 11) is 0. The molecule has 0 aromatic heterocycles. The van der Waals surface area contributed by atoms with Gasteiger partial charge in [0.1, 0.15) is 5.60 Å². The first-order valence-corrected chi connectivity index (χ1v) is 6.01. The summed E-state index contributed by atoms with van der Waals surface area (Å²) in [4.78, 5) is 13.7. The average Bonchev–Trinajstić information content (AvgIpc) is 2.72. The maximum atomic E-state index is 11.9. The molecule has 2 aliphatic rings. The number of carbonyl (C=O) groups excluding carboxylic acids is 1. The van der Waals surface area contributed by atoms with Crippen LogP contribution in [0.1, 0.15) is 33.6 Å². The molecule has 16 heavy (non-hydrogen) atoms. The summed E-state index contributed by atoms with van der Waals surface area (Å²) in [5.74, 6) is 0.867. The molecular formula is C12H21NO3. The number of amides is 1. The minimum Gasteiger partial charge on any atom is -0.444 e. The fourth-order valence-corrected chi connectivity index (χ4v) is 2.83. The summed E-state index contributed by atoms with van der Waals surface area (Å²) >= 11 is 0. The zero-order valence-electron chi connectivity index (χ0n) is 10.3. The third kappa shape index (κ3) is 2.17. The Morgan fingerprint density at radius 2 is 2.12 bits per heavy atom. The van der Waals surface area contributed by atoms with Crippen molar-refractivity contribution in [2.75, 3.05) is 13.2 Å². The monoisotopic (exact) mass is 227 g/mol. The molecule has 1 aliphatic heterocycles. The van der Waals surface area contributed by atoms with Gasteiger partial charge in [0.2, 0.25) is 0 Å². The number of nitrogens with zero attached hydrogens (tertiary/aromatic N) is 1. The Balaban J connectivity index is 1.93. The summed E-state index contributed by atoms with van der Waals surface area (Å²) in [5.41, 5.74) is -0.421. The van der Waals surface area contributed by atoms with Crippen LogP contribution in [0.4, 0.5) is 4.79 Å². The molecule has 1 saturated carbocycles. The number of fused-ring (bicyclic) bond motifs is 2. The van der Waals surface area contributed by atoms with E-state index in [2.05, 4.69) is 0 Å². The number of rotatable bonds is 1. The molecule has 0 aromatic carbocycles. The highest BCUT2D eigenvalue weighted by Gasteiger charge is 2.47. The predicted octanol–water partition coefficient (Wildman–Crippen LogP) is 1.62. The number of carbonyl (C=O) groups is 1. The van der Waals surface area contributed by atoms with E-state index in [1.165, 1.54) is 0 Å². The Labute approximate surface area is 96.6 Å². The Hall–Kier alpha value is -0.770. The molecule has 2 rings (SSSR count). The van der Waals surface area contributed by atoms with Crippen molar-refractivity contribution < 1.29 is 14.6 Å². The van der Waals surface area contributed by atoms with E-state index in [1.54, 1.807) is 0 Å².